The fourth-order valence-electron chi connectivity index (χ4n) is 4.49. The second kappa shape index (κ2) is 16.9. The predicted molar refractivity (Wildman–Crippen MR) is 159 cm³/mol. The SMILES string of the molecule is CNCC(=O)N(C)[C@H](C(=O)O)[C@@H](C)CC(=O)NC(Cc1ccccc1)C(O)CN(CCC(C)C)C(=O)NC(C)(C)C. The summed E-state index contributed by atoms with van der Waals surface area (Å²) in [5.74, 6) is -2.42. The van der Waals surface area contributed by atoms with Gasteiger partial charge in [-0.1, -0.05) is 51.1 Å². The Hall–Kier alpha value is -3.18. The van der Waals surface area contributed by atoms with Crippen LogP contribution in [-0.2, 0) is 20.8 Å². The summed E-state index contributed by atoms with van der Waals surface area (Å²) in [5.41, 5.74) is 0.424. The summed E-state index contributed by atoms with van der Waals surface area (Å²) < 4.78 is 0. The first-order valence-corrected chi connectivity index (χ1v) is 14.3. The largest absolute Gasteiger partial charge is 0.480 e. The van der Waals surface area contributed by atoms with E-state index in [0.717, 1.165) is 16.9 Å². The van der Waals surface area contributed by atoms with Gasteiger partial charge >= 0.3 is 12.0 Å². The van der Waals surface area contributed by atoms with Crippen molar-refractivity contribution in [3.05, 3.63) is 35.9 Å². The molecule has 1 aromatic rings. The Morgan fingerprint density at radius 2 is 1.63 bits per heavy atom. The summed E-state index contributed by atoms with van der Waals surface area (Å²) >= 11 is 0. The highest BCUT2D eigenvalue weighted by atomic mass is 16.4. The van der Waals surface area contributed by atoms with Crippen molar-refractivity contribution in [3.63, 3.8) is 0 Å². The minimum Gasteiger partial charge on any atom is -0.480 e. The Morgan fingerprint density at radius 1 is 1.02 bits per heavy atom. The summed E-state index contributed by atoms with van der Waals surface area (Å²) in [4.78, 5) is 53.3. The number of carboxylic acid groups (broad SMARTS) is 1. The van der Waals surface area contributed by atoms with Crippen LogP contribution in [0.4, 0.5) is 4.79 Å². The van der Waals surface area contributed by atoms with Crippen molar-refractivity contribution in [2.24, 2.45) is 11.8 Å². The second-order valence-electron chi connectivity index (χ2n) is 12.2. The van der Waals surface area contributed by atoms with Crippen molar-refractivity contribution >= 4 is 23.8 Å². The highest BCUT2D eigenvalue weighted by Crippen LogP contribution is 2.17. The Labute approximate surface area is 245 Å². The highest BCUT2D eigenvalue weighted by molar-refractivity contribution is 5.85. The van der Waals surface area contributed by atoms with E-state index in [0.29, 0.717) is 18.9 Å². The normalized spacial score (nSPS) is 14.5. The second-order valence-corrected chi connectivity index (χ2v) is 12.2. The number of aliphatic carboxylic acids is 1. The van der Waals surface area contributed by atoms with Crippen molar-refractivity contribution < 1.29 is 29.4 Å². The van der Waals surface area contributed by atoms with Gasteiger partial charge in [0.1, 0.15) is 6.04 Å². The molecule has 0 bridgehead atoms. The number of carbonyl (C=O) groups is 4. The summed E-state index contributed by atoms with van der Waals surface area (Å²) in [5, 5.41) is 29.7. The fourth-order valence-corrected chi connectivity index (χ4v) is 4.49. The molecule has 1 aromatic carbocycles. The molecule has 0 heterocycles. The van der Waals surface area contributed by atoms with E-state index < -0.39 is 47.4 Å². The van der Waals surface area contributed by atoms with Crippen LogP contribution in [0.2, 0.25) is 0 Å². The van der Waals surface area contributed by atoms with Crippen LogP contribution >= 0.6 is 0 Å². The molecular formula is C30H51N5O6. The van der Waals surface area contributed by atoms with E-state index in [1.54, 1.807) is 18.9 Å². The molecule has 0 aliphatic carbocycles. The zero-order chi connectivity index (χ0) is 31.3. The minimum atomic E-state index is -1.20. The van der Waals surface area contributed by atoms with Crippen molar-refractivity contribution in [2.75, 3.05) is 33.7 Å². The average Bonchev–Trinajstić information content (AvgIpc) is 2.85. The lowest BCUT2D eigenvalue weighted by Gasteiger charge is -2.33. The van der Waals surface area contributed by atoms with Crippen LogP contribution in [0.1, 0.15) is 59.9 Å². The number of amides is 4. The Kier molecular flexibility index (Phi) is 14.8. The molecule has 0 saturated heterocycles. The number of carbonyl (C=O) groups excluding carboxylic acids is 3. The van der Waals surface area contributed by atoms with Gasteiger partial charge in [0, 0.05) is 25.6 Å². The molecule has 5 N–H and O–H groups in total. The van der Waals surface area contributed by atoms with Gasteiger partial charge in [0.2, 0.25) is 11.8 Å². The van der Waals surface area contributed by atoms with Gasteiger partial charge < -0.3 is 36.0 Å². The lowest BCUT2D eigenvalue weighted by Crippen LogP contribution is -2.55. The van der Waals surface area contributed by atoms with Gasteiger partial charge in [-0.25, -0.2) is 9.59 Å². The average molecular weight is 578 g/mol. The van der Waals surface area contributed by atoms with Crippen LogP contribution in [0.15, 0.2) is 30.3 Å². The molecule has 1 rings (SSSR count). The predicted octanol–water partition coefficient (Wildman–Crippen LogP) is 2.09. The number of hydrogen-bond donors (Lipinski definition) is 5. The van der Waals surface area contributed by atoms with E-state index in [-0.39, 0.29) is 25.5 Å². The zero-order valence-electron chi connectivity index (χ0n) is 25.9. The molecule has 0 aliphatic heterocycles. The molecule has 4 amide bonds. The third-order valence-corrected chi connectivity index (χ3v) is 6.70. The van der Waals surface area contributed by atoms with Crippen molar-refractivity contribution in [1.82, 2.24) is 25.8 Å². The molecule has 0 saturated carbocycles. The molecule has 4 atom stereocenters. The summed E-state index contributed by atoms with van der Waals surface area (Å²) in [6.07, 6.45) is -0.214. The van der Waals surface area contributed by atoms with E-state index in [2.05, 4.69) is 29.8 Å². The first kappa shape index (κ1) is 35.8. The van der Waals surface area contributed by atoms with Crippen molar-refractivity contribution in [3.8, 4) is 0 Å². The third kappa shape index (κ3) is 13.4. The lowest BCUT2D eigenvalue weighted by atomic mass is 9.95. The highest BCUT2D eigenvalue weighted by Gasteiger charge is 2.34. The molecule has 232 valence electrons. The smallest absolute Gasteiger partial charge is 0.326 e. The summed E-state index contributed by atoms with van der Waals surface area (Å²) in [6.45, 7) is 11.8. The first-order valence-electron chi connectivity index (χ1n) is 14.3. The lowest BCUT2D eigenvalue weighted by molar-refractivity contribution is -0.151. The van der Waals surface area contributed by atoms with Gasteiger partial charge in [-0.05, 0) is 58.1 Å². The van der Waals surface area contributed by atoms with Gasteiger partial charge in [-0.2, -0.15) is 0 Å². The standard InChI is InChI=1S/C30H51N5O6/c1-20(2)14-15-35(29(41)33-30(4,5)6)19-24(36)23(17-22-12-10-9-11-13-22)32-25(37)16-21(3)27(28(39)40)34(8)26(38)18-31-7/h9-13,20-21,23-24,27,31,36H,14-19H2,1-8H3,(H,32,37)(H,33,41)(H,39,40)/t21-,23?,24?,27-/m0/s1. The van der Waals surface area contributed by atoms with Gasteiger partial charge in [-0.3, -0.25) is 9.59 Å². The van der Waals surface area contributed by atoms with Crippen molar-refractivity contribution in [2.45, 2.75) is 84.5 Å². The Morgan fingerprint density at radius 3 is 2.15 bits per heavy atom. The molecule has 41 heavy (non-hydrogen) atoms. The number of benzene rings is 1. The monoisotopic (exact) mass is 577 g/mol. The number of aliphatic hydroxyl groups is 1. The molecule has 0 aliphatic rings. The molecule has 11 nitrogen and oxygen atoms in total. The quantitative estimate of drug-likeness (QED) is 0.202. The zero-order valence-corrected chi connectivity index (χ0v) is 25.9. The number of urea groups is 1. The number of nitrogens with one attached hydrogen (secondary N) is 3. The van der Waals surface area contributed by atoms with Gasteiger partial charge in [0.05, 0.1) is 25.2 Å². The van der Waals surface area contributed by atoms with E-state index in [9.17, 15) is 29.4 Å². The first-order chi connectivity index (χ1) is 19.0. The van der Waals surface area contributed by atoms with E-state index in [1.165, 1.54) is 7.05 Å². The van der Waals surface area contributed by atoms with Gasteiger partial charge in [0.15, 0.2) is 0 Å². The van der Waals surface area contributed by atoms with Crippen LogP contribution in [0.5, 0.6) is 0 Å². The summed E-state index contributed by atoms with van der Waals surface area (Å²) in [7, 11) is 3.00. The number of likely N-dealkylation sites (N-methyl/N-ethyl adjacent to an activating group) is 2. The van der Waals surface area contributed by atoms with Crippen LogP contribution in [0, 0.1) is 11.8 Å². The molecule has 0 aromatic heterocycles. The van der Waals surface area contributed by atoms with E-state index in [4.69, 9.17) is 0 Å². The third-order valence-electron chi connectivity index (χ3n) is 6.70. The molecule has 0 radical (unpaired) electrons. The Bertz CT molecular complexity index is 981. The van der Waals surface area contributed by atoms with Crippen LogP contribution in [0.3, 0.4) is 0 Å². The van der Waals surface area contributed by atoms with Crippen molar-refractivity contribution in [1.29, 1.82) is 0 Å². The van der Waals surface area contributed by atoms with Gasteiger partial charge in [0.25, 0.3) is 0 Å². The van der Waals surface area contributed by atoms with Gasteiger partial charge in [-0.15, -0.1) is 0 Å². The Balaban J connectivity index is 3.14. The molecular weight excluding hydrogens is 526 g/mol. The fraction of sp³-hybridized carbons (Fsp3) is 0.667. The number of hydrogen-bond acceptors (Lipinski definition) is 6. The topological polar surface area (TPSA) is 151 Å². The number of carboxylic acids is 1. The molecule has 11 heteroatoms. The maximum atomic E-state index is 13.2. The number of rotatable bonds is 16. The molecule has 0 fully saturated rings. The molecule has 0 spiro atoms. The van der Waals surface area contributed by atoms with Crippen LogP contribution in [-0.4, -0.2) is 101 Å². The van der Waals surface area contributed by atoms with Crippen LogP contribution < -0.4 is 16.0 Å². The van der Waals surface area contributed by atoms with E-state index in [1.807, 2.05) is 51.1 Å². The maximum absolute atomic E-state index is 13.2. The van der Waals surface area contributed by atoms with E-state index >= 15 is 0 Å². The summed E-state index contributed by atoms with van der Waals surface area (Å²) in [6, 6.07) is 7.14. The number of aliphatic hydroxyl groups excluding tert-OH is 1. The number of nitrogens with zero attached hydrogens (tertiary/aromatic N) is 2. The maximum Gasteiger partial charge on any atom is 0.326 e. The van der Waals surface area contributed by atoms with Crippen LogP contribution in [0.25, 0.3) is 0 Å². The molecule has 2 unspecified atom stereocenters. The minimum absolute atomic E-state index is 0.000968.